The van der Waals surface area contributed by atoms with Gasteiger partial charge in [0.25, 0.3) is 0 Å². The van der Waals surface area contributed by atoms with E-state index >= 15 is 0 Å². The van der Waals surface area contributed by atoms with E-state index in [1.807, 2.05) is 0 Å². The van der Waals surface area contributed by atoms with Gasteiger partial charge in [0.15, 0.2) is 0 Å². The Labute approximate surface area is 121 Å². The normalized spacial score (nSPS) is 21.8. The highest BCUT2D eigenvalue weighted by Gasteiger charge is 2.38. The summed E-state index contributed by atoms with van der Waals surface area (Å²) in [6.45, 7) is 10.3. The van der Waals surface area contributed by atoms with Gasteiger partial charge in [-0.1, -0.05) is 13.8 Å². The third-order valence-corrected chi connectivity index (χ3v) is 4.17. The van der Waals surface area contributed by atoms with Crippen molar-refractivity contribution in [3.8, 4) is 0 Å². The summed E-state index contributed by atoms with van der Waals surface area (Å²) < 4.78 is 20.2. The zero-order chi connectivity index (χ0) is 15.1. The Balaban J connectivity index is 0.000000204. The molecule has 5 nitrogen and oxygen atoms in total. The molecule has 2 aliphatic rings. The number of ether oxygens (including phenoxy) is 4. The first-order valence-electron chi connectivity index (χ1n) is 7.29. The molecule has 0 bridgehead atoms. The molecule has 2 rings (SSSR count). The van der Waals surface area contributed by atoms with Crippen molar-refractivity contribution in [3.05, 3.63) is 0 Å². The maximum absolute atomic E-state index is 10.5. The lowest BCUT2D eigenvalue weighted by Gasteiger charge is -2.39. The number of hydrogen-bond donors (Lipinski definition) is 0. The van der Waals surface area contributed by atoms with E-state index in [1.54, 1.807) is 7.11 Å². The maximum Gasteiger partial charge on any atom is 0.302 e. The van der Waals surface area contributed by atoms with Crippen LogP contribution in [0.2, 0.25) is 0 Å². The van der Waals surface area contributed by atoms with Crippen LogP contribution in [0.15, 0.2) is 0 Å². The van der Waals surface area contributed by atoms with E-state index in [-0.39, 0.29) is 11.4 Å². The largest absolute Gasteiger partial charge is 0.465 e. The van der Waals surface area contributed by atoms with Gasteiger partial charge in [0.1, 0.15) is 6.61 Å². The van der Waals surface area contributed by atoms with E-state index in [4.69, 9.17) is 18.9 Å². The molecule has 0 aliphatic carbocycles. The van der Waals surface area contributed by atoms with Crippen molar-refractivity contribution < 1.29 is 23.7 Å². The second-order valence-corrected chi connectivity index (χ2v) is 5.91. The van der Waals surface area contributed by atoms with Crippen molar-refractivity contribution in [2.75, 3.05) is 46.8 Å². The molecule has 2 heterocycles. The molecule has 2 saturated heterocycles. The fourth-order valence-electron chi connectivity index (χ4n) is 2.12. The Morgan fingerprint density at radius 2 is 1.45 bits per heavy atom. The quantitative estimate of drug-likeness (QED) is 0.700. The summed E-state index contributed by atoms with van der Waals surface area (Å²) in [7, 11) is 1.75. The molecule has 118 valence electrons. The monoisotopic (exact) mass is 288 g/mol. The Morgan fingerprint density at radius 3 is 1.65 bits per heavy atom. The Hall–Kier alpha value is -0.650. The van der Waals surface area contributed by atoms with Crippen LogP contribution >= 0.6 is 0 Å². The Bertz CT molecular complexity index is 284. The highest BCUT2D eigenvalue weighted by molar-refractivity contribution is 5.65. The number of rotatable bonds is 6. The third kappa shape index (κ3) is 4.72. The lowest BCUT2D eigenvalue weighted by Crippen LogP contribution is -2.46. The first kappa shape index (κ1) is 17.4. The molecule has 5 heteroatoms. The summed E-state index contributed by atoms with van der Waals surface area (Å²) in [6.07, 6.45) is 2.18. The topological polar surface area (TPSA) is 54.0 Å². The molecule has 0 aromatic heterocycles. The van der Waals surface area contributed by atoms with Crippen molar-refractivity contribution in [2.45, 2.75) is 33.6 Å². The lowest BCUT2D eigenvalue weighted by atomic mass is 9.84. The molecule has 0 amide bonds. The summed E-state index contributed by atoms with van der Waals surface area (Å²) in [6, 6.07) is 0. The minimum absolute atomic E-state index is 0.131. The average molecular weight is 288 g/mol. The number of esters is 1. The maximum atomic E-state index is 10.5. The molecule has 0 unspecified atom stereocenters. The first-order valence-corrected chi connectivity index (χ1v) is 7.29. The van der Waals surface area contributed by atoms with Gasteiger partial charge < -0.3 is 18.9 Å². The standard InChI is InChI=1S/C8H14O3.C7H14O2/c1-3-8(4-10-5-8)6-11-7(2)9;1-3-7(4-8-2)5-9-6-7/h3-6H2,1-2H3;3-6H2,1-2H3. The van der Waals surface area contributed by atoms with Gasteiger partial charge in [-0.25, -0.2) is 0 Å². The molecular weight excluding hydrogens is 260 g/mol. The summed E-state index contributed by atoms with van der Waals surface area (Å²) in [4.78, 5) is 10.5. The van der Waals surface area contributed by atoms with E-state index in [0.717, 1.165) is 39.5 Å². The van der Waals surface area contributed by atoms with Crippen LogP contribution in [0, 0.1) is 10.8 Å². The van der Waals surface area contributed by atoms with E-state index in [0.29, 0.717) is 12.0 Å². The molecule has 20 heavy (non-hydrogen) atoms. The van der Waals surface area contributed by atoms with Crippen LogP contribution in [0.25, 0.3) is 0 Å². The molecule has 0 radical (unpaired) electrons. The van der Waals surface area contributed by atoms with Crippen LogP contribution in [-0.2, 0) is 23.7 Å². The number of carbonyl (C=O) groups is 1. The van der Waals surface area contributed by atoms with E-state index in [2.05, 4.69) is 13.8 Å². The minimum Gasteiger partial charge on any atom is -0.465 e. The van der Waals surface area contributed by atoms with Crippen molar-refractivity contribution in [3.63, 3.8) is 0 Å². The predicted molar refractivity (Wildman–Crippen MR) is 75.6 cm³/mol. The smallest absolute Gasteiger partial charge is 0.302 e. The van der Waals surface area contributed by atoms with Crippen molar-refractivity contribution >= 4 is 5.97 Å². The molecule has 0 N–H and O–H groups in total. The van der Waals surface area contributed by atoms with E-state index in [1.165, 1.54) is 13.3 Å². The summed E-state index contributed by atoms with van der Waals surface area (Å²) in [5.74, 6) is -0.204. The number of carbonyl (C=O) groups excluding carboxylic acids is 1. The summed E-state index contributed by atoms with van der Waals surface area (Å²) >= 11 is 0. The van der Waals surface area contributed by atoms with Gasteiger partial charge in [-0.2, -0.15) is 0 Å². The predicted octanol–water partition coefficient (Wildman–Crippen LogP) is 2.04. The van der Waals surface area contributed by atoms with E-state index < -0.39 is 0 Å². The van der Waals surface area contributed by atoms with Crippen molar-refractivity contribution in [1.82, 2.24) is 0 Å². The molecule has 0 aromatic rings. The lowest BCUT2D eigenvalue weighted by molar-refractivity contribution is -0.168. The van der Waals surface area contributed by atoms with Gasteiger partial charge in [0.2, 0.25) is 0 Å². The van der Waals surface area contributed by atoms with Gasteiger partial charge in [-0.05, 0) is 12.8 Å². The second kappa shape index (κ2) is 7.96. The minimum atomic E-state index is -0.204. The Kier molecular flexibility index (Phi) is 6.92. The van der Waals surface area contributed by atoms with Gasteiger partial charge in [0, 0.05) is 19.4 Å². The second-order valence-electron chi connectivity index (χ2n) is 5.91. The van der Waals surface area contributed by atoms with Gasteiger partial charge in [-0.3, -0.25) is 4.79 Å². The fourth-order valence-corrected chi connectivity index (χ4v) is 2.12. The zero-order valence-electron chi connectivity index (χ0n) is 13.2. The number of methoxy groups -OCH3 is 1. The zero-order valence-corrected chi connectivity index (χ0v) is 13.2. The third-order valence-electron chi connectivity index (χ3n) is 4.17. The van der Waals surface area contributed by atoms with Gasteiger partial charge in [-0.15, -0.1) is 0 Å². The van der Waals surface area contributed by atoms with Gasteiger partial charge in [0.05, 0.1) is 38.4 Å². The molecular formula is C15H28O5. The van der Waals surface area contributed by atoms with Crippen LogP contribution in [0.4, 0.5) is 0 Å². The average Bonchev–Trinajstić information content (AvgIpc) is 2.34. The summed E-state index contributed by atoms with van der Waals surface area (Å²) in [5.41, 5.74) is 0.500. The molecule has 2 aliphatic heterocycles. The molecule has 0 spiro atoms. The first-order chi connectivity index (χ1) is 9.51. The van der Waals surface area contributed by atoms with Crippen LogP contribution in [-0.4, -0.2) is 52.7 Å². The number of hydrogen-bond acceptors (Lipinski definition) is 5. The molecule has 0 aromatic carbocycles. The van der Waals surface area contributed by atoms with Gasteiger partial charge >= 0.3 is 5.97 Å². The van der Waals surface area contributed by atoms with Crippen LogP contribution in [0.3, 0.4) is 0 Å². The molecule has 0 saturated carbocycles. The highest BCUT2D eigenvalue weighted by atomic mass is 16.5. The van der Waals surface area contributed by atoms with Crippen LogP contribution < -0.4 is 0 Å². The van der Waals surface area contributed by atoms with E-state index in [9.17, 15) is 4.79 Å². The molecule has 0 atom stereocenters. The van der Waals surface area contributed by atoms with Crippen molar-refractivity contribution in [1.29, 1.82) is 0 Å². The highest BCUT2D eigenvalue weighted by Crippen LogP contribution is 2.31. The summed E-state index contributed by atoms with van der Waals surface area (Å²) in [5, 5.41) is 0. The fraction of sp³-hybridized carbons (Fsp3) is 0.933. The molecule has 2 fully saturated rings. The SMILES string of the molecule is CCC1(COC(C)=O)COC1.CCC1(COC)COC1. The van der Waals surface area contributed by atoms with Crippen LogP contribution in [0.5, 0.6) is 0 Å². The van der Waals surface area contributed by atoms with Crippen LogP contribution in [0.1, 0.15) is 33.6 Å². The van der Waals surface area contributed by atoms with Crippen molar-refractivity contribution in [2.24, 2.45) is 10.8 Å². The Morgan fingerprint density at radius 1 is 1.00 bits per heavy atom.